The Morgan fingerprint density at radius 2 is 1.58 bits per heavy atom. The number of rotatable bonds is 10. The number of nitrogens with zero attached hydrogens (tertiary/aromatic N) is 1. The summed E-state index contributed by atoms with van der Waals surface area (Å²) in [5.41, 5.74) is 4.84. The summed E-state index contributed by atoms with van der Waals surface area (Å²) in [5.74, 6) is -0.307. The molecule has 3 aromatic carbocycles. The molecule has 2 unspecified atom stereocenters. The Bertz CT molecular complexity index is 1180. The zero-order chi connectivity index (χ0) is 26.2. The molecule has 0 spiro atoms. The first-order valence-corrected chi connectivity index (χ1v) is 13.1. The van der Waals surface area contributed by atoms with E-state index in [0.717, 1.165) is 34.2 Å². The number of halogens is 2. The molecular weight excluding hydrogens is 491 g/mol. The Labute approximate surface area is 224 Å². The number of hydrogen-bond donors (Lipinski definition) is 1. The van der Waals surface area contributed by atoms with Crippen molar-refractivity contribution in [3.63, 3.8) is 0 Å². The maximum Gasteiger partial charge on any atom is 0.243 e. The molecule has 0 aromatic heterocycles. The molecular formula is C30H34Cl2N2O2. The molecule has 190 valence electrons. The lowest BCUT2D eigenvalue weighted by molar-refractivity contribution is -0.141. The van der Waals surface area contributed by atoms with Gasteiger partial charge in [-0.15, -0.1) is 0 Å². The van der Waals surface area contributed by atoms with Gasteiger partial charge < -0.3 is 10.2 Å². The van der Waals surface area contributed by atoms with Crippen LogP contribution in [-0.4, -0.2) is 28.8 Å². The highest BCUT2D eigenvalue weighted by molar-refractivity contribution is 6.35. The third kappa shape index (κ3) is 7.84. The summed E-state index contributed by atoms with van der Waals surface area (Å²) in [4.78, 5) is 29.1. The fraction of sp³-hybridized carbons (Fsp3) is 0.333. The van der Waals surface area contributed by atoms with Crippen LogP contribution in [0.2, 0.25) is 10.0 Å². The van der Waals surface area contributed by atoms with Crippen molar-refractivity contribution < 1.29 is 9.59 Å². The largest absolute Gasteiger partial charge is 0.352 e. The van der Waals surface area contributed by atoms with Crippen molar-refractivity contribution in [2.45, 2.75) is 65.6 Å². The summed E-state index contributed by atoms with van der Waals surface area (Å²) in [6.45, 7) is 8.22. The van der Waals surface area contributed by atoms with Crippen molar-refractivity contribution in [3.05, 3.63) is 105 Å². The minimum Gasteiger partial charge on any atom is -0.352 e. The fourth-order valence-electron chi connectivity index (χ4n) is 4.28. The van der Waals surface area contributed by atoms with E-state index >= 15 is 0 Å². The molecule has 0 aliphatic heterocycles. The molecule has 4 nitrogen and oxygen atoms in total. The van der Waals surface area contributed by atoms with Crippen LogP contribution in [-0.2, 0) is 29.0 Å². The van der Waals surface area contributed by atoms with Gasteiger partial charge in [0, 0.05) is 29.1 Å². The molecule has 3 aromatic rings. The van der Waals surface area contributed by atoms with Crippen LogP contribution in [0.15, 0.2) is 66.7 Å². The Morgan fingerprint density at radius 3 is 2.19 bits per heavy atom. The van der Waals surface area contributed by atoms with Crippen LogP contribution in [0.3, 0.4) is 0 Å². The van der Waals surface area contributed by atoms with E-state index in [-0.39, 0.29) is 30.8 Å². The van der Waals surface area contributed by atoms with E-state index < -0.39 is 6.04 Å². The van der Waals surface area contributed by atoms with Gasteiger partial charge in [0.15, 0.2) is 0 Å². The summed E-state index contributed by atoms with van der Waals surface area (Å²) in [7, 11) is 0. The lowest BCUT2D eigenvalue weighted by atomic mass is 10.00. The molecule has 0 saturated carbocycles. The van der Waals surface area contributed by atoms with E-state index in [2.05, 4.69) is 11.4 Å². The van der Waals surface area contributed by atoms with Gasteiger partial charge in [0.1, 0.15) is 6.04 Å². The van der Waals surface area contributed by atoms with Crippen molar-refractivity contribution in [1.29, 1.82) is 0 Å². The Hall–Kier alpha value is -2.82. The summed E-state index contributed by atoms with van der Waals surface area (Å²) >= 11 is 12.6. The predicted octanol–water partition coefficient (Wildman–Crippen LogP) is 6.71. The van der Waals surface area contributed by atoms with E-state index in [1.54, 1.807) is 17.0 Å². The smallest absolute Gasteiger partial charge is 0.243 e. The first-order chi connectivity index (χ1) is 17.2. The van der Waals surface area contributed by atoms with Crippen LogP contribution in [0.25, 0.3) is 0 Å². The van der Waals surface area contributed by atoms with Gasteiger partial charge in [-0.1, -0.05) is 95.8 Å². The van der Waals surface area contributed by atoms with Crippen LogP contribution >= 0.6 is 23.2 Å². The molecule has 0 bridgehead atoms. The molecule has 2 atom stereocenters. The van der Waals surface area contributed by atoms with E-state index in [1.807, 2.05) is 76.2 Å². The standard InChI is InChI=1S/C30H34Cl2N2O2/c1-5-22(4)33-30(36)28(16-23-9-7-6-8-10-23)34(19-25-11-12-26(31)18-27(25)32)29(35)17-24-14-20(2)13-21(3)15-24/h6-15,18,22,28H,5,16-17,19H2,1-4H3,(H,33,36). The second-order valence-corrected chi connectivity index (χ2v) is 10.3. The number of carbonyl (C=O) groups is 2. The monoisotopic (exact) mass is 524 g/mol. The average Bonchev–Trinajstić information content (AvgIpc) is 2.82. The van der Waals surface area contributed by atoms with E-state index in [1.165, 1.54) is 0 Å². The van der Waals surface area contributed by atoms with Gasteiger partial charge in [0.05, 0.1) is 6.42 Å². The summed E-state index contributed by atoms with van der Waals surface area (Å²) in [6.07, 6.45) is 1.38. The first kappa shape index (κ1) is 27.8. The van der Waals surface area contributed by atoms with Gasteiger partial charge in [-0.3, -0.25) is 9.59 Å². The van der Waals surface area contributed by atoms with Crippen LogP contribution < -0.4 is 5.32 Å². The highest BCUT2D eigenvalue weighted by Crippen LogP contribution is 2.25. The van der Waals surface area contributed by atoms with Gasteiger partial charge >= 0.3 is 0 Å². The molecule has 0 radical (unpaired) electrons. The molecule has 2 amide bonds. The summed E-state index contributed by atoms with van der Waals surface area (Å²) in [6, 6.07) is 20.4. The lowest BCUT2D eigenvalue weighted by Crippen LogP contribution is -2.52. The van der Waals surface area contributed by atoms with E-state index in [0.29, 0.717) is 16.5 Å². The maximum atomic E-state index is 13.9. The molecule has 0 heterocycles. The number of nitrogens with one attached hydrogen (secondary N) is 1. The second kappa shape index (κ2) is 12.9. The lowest BCUT2D eigenvalue weighted by Gasteiger charge is -2.32. The van der Waals surface area contributed by atoms with E-state index in [9.17, 15) is 9.59 Å². The quantitative estimate of drug-likeness (QED) is 0.320. The van der Waals surface area contributed by atoms with Crippen molar-refractivity contribution >= 4 is 35.0 Å². The molecule has 36 heavy (non-hydrogen) atoms. The molecule has 1 N–H and O–H groups in total. The number of carbonyl (C=O) groups excluding carboxylic acids is 2. The zero-order valence-electron chi connectivity index (χ0n) is 21.4. The summed E-state index contributed by atoms with van der Waals surface area (Å²) < 4.78 is 0. The Morgan fingerprint density at radius 1 is 0.917 bits per heavy atom. The fourth-order valence-corrected chi connectivity index (χ4v) is 4.74. The third-order valence-corrected chi connectivity index (χ3v) is 6.85. The minimum absolute atomic E-state index is 0.00809. The van der Waals surface area contributed by atoms with Gasteiger partial charge in [-0.25, -0.2) is 0 Å². The average molecular weight is 526 g/mol. The van der Waals surface area contributed by atoms with Crippen molar-refractivity contribution in [2.24, 2.45) is 0 Å². The minimum atomic E-state index is -0.702. The molecule has 3 rings (SSSR count). The zero-order valence-corrected chi connectivity index (χ0v) is 22.9. The van der Waals surface area contributed by atoms with Crippen molar-refractivity contribution in [1.82, 2.24) is 10.2 Å². The molecule has 0 fully saturated rings. The number of aryl methyl sites for hydroxylation is 2. The SMILES string of the molecule is CCC(C)NC(=O)C(Cc1ccccc1)N(Cc1ccc(Cl)cc1Cl)C(=O)Cc1cc(C)cc(C)c1. The van der Waals surface area contributed by atoms with Crippen LogP contribution in [0, 0.1) is 13.8 Å². The number of benzene rings is 3. The highest BCUT2D eigenvalue weighted by Gasteiger charge is 2.31. The van der Waals surface area contributed by atoms with Crippen LogP contribution in [0.4, 0.5) is 0 Å². The first-order valence-electron chi connectivity index (χ1n) is 12.3. The topological polar surface area (TPSA) is 49.4 Å². The number of hydrogen-bond acceptors (Lipinski definition) is 2. The molecule has 0 aliphatic carbocycles. The van der Waals surface area contributed by atoms with Gasteiger partial charge in [0.25, 0.3) is 0 Å². The van der Waals surface area contributed by atoms with E-state index in [4.69, 9.17) is 23.2 Å². The summed E-state index contributed by atoms with van der Waals surface area (Å²) in [5, 5.41) is 4.08. The van der Waals surface area contributed by atoms with Gasteiger partial charge in [-0.05, 0) is 56.0 Å². The van der Waals surface area contributed by atoms with Gasteiger partial charge in [0.2, 0.25) is 11.8 Å². The van der Waals surface area contributed by atoms with Crippen LogP contribution in [0.5, 0.6) is 0 Å². The van der Waals surface area contributed by atoms with Crippen LogP contribution in [0.1, 0.15) is 48.1 Å². The molecule has 0 aliphatic rings. The third-order valence-electron chi connectivity index (χ3n) is 6.26. The Balaban J connectivity index is 2.02. The normalized spacial score (nSPS) is 12.6. The van der Waals surface area contributed by atoms with Crippen molar-refractivity contribution in [3.8, 4) is 0 Å². The predicted molar refractivity (Wildman–Crippen MR) is 148 cm³/mol. The highest BCUT2D eigenvalue weighted by atomic mass is 35.5. The second-order valence-electron chi connectivity index (χ2n) is 9.45. The molecule has 6 heteroatoms. The van der Waals surface area contributed by atoms with Gasteiger partial charge in [-0.2, -0.15) is 0 Å². The van der Waals surface area contributed by atoms with Crippen molar-refractivity contribution in [2.75, 3.05) is 0 Å². The molecule has 0 saturated heterocycles. The number of amides is 2. The Kier molecular flexibility index (Phi) is 9.98. The maximum absolute atomic E-state index is 13.9.